The van der Waals surface area contributed by atoms with E-state index < -0.39 is 0 Å². The predicted molar refractivity (Wildman–Crippen MR) is 80.9 cm³/mol. The van der Waals surface area contributed by atoms with Crippen LogP contribution in [0.4, 0.5) is 0 Å². The fourth-order valence-electron chi connectivity index (χ4n) is 2.72. The quantitative estimate of drug-likeness (QED) is 0.750. The van der Waals surface area contributed by atoms with Gasteiger partial charge in [-0.2, -0.15) is 0 Å². The van der Waals surface area contributed by atoms with E-state index in [0.717, 1.165) is 12.3 Å². The maximum atomic E-state index is 5.22. The molecule has 4 N–H and O–H groups in total. The van der Waals surface area contributed by atoms with Gasteiger partial charge in [-0.3, -0.25) is 0 Å². The minimum atomic E-state index is 0.303. The first-order chi connectivity index (χ1) is 9.83. The van der Waals surface area contributed by atoms with Crippen LogP contribution in [-0.4, -0.2) is 18.6 Å². The third-order valence-electron chi connectivity index (χ3n) is 3.80. The zero-order valence-electron chi connectivity index (χ0n) is 11.6. The maximum absolute atomic E-state index is 5.22. The number of quaternary nitrogens is 1. The van der Waals surface area contributed by atoms with Crippen molar-refractivity contribution >= 4 is 10.9 Å². The van der Waals surface area contributed by atoms with Gasteiger partial charge in [-0.15, -0.1) is 0 Å². The first kappa shape index (κ1) is 12.8. The number of benzene rings is 2. The number of aromatic nitrogens is 1. The first-order valence-corrected chi connectivity index (χ1v) is 6.82. The van der Waals surface area contributed by atoms with Gasteiger partial charge in [-0.25, -0.2) is 0 Å². The topological polar surface area (TPSA) is 52.7 Å². The highest BCUT2D eigenvalue weighted by Gasteiger charge is 2.18. The van der Waals surface area contributed by atoms with Crippen LogP contribution in [0.2, 0.25) is 0 Å². The molecule has 3 nitrogen and oxygen atoms in total. The van der Waals surface area contributed by atoms with Crippen molar-refractivity contribution in [2.75, 3.05) is 13.7 Å². The zero-order valence-corrected chi connectivity index (χ0v) is 11.6. The lowest BCUT2D eigenvalue weighted by Crippen LogP contribution is -2.53. The summed E-state index contributed by atoms with van der Waals surface area (Å²) in [6.45, 7) is 0.828. The molecule has 0 bridgehead atoms. The summed E-state index contributed by atoms with van der Waals surface area (Å²) in [5, 5.41) is 1.27. The van der Waals surface area contributed by atoms with Gasteiger partial charge in [0.05, 0.1) is 19.6 Å². The highest BCUT2D eigenvalue weighted by Crippen LogP contribution is 2.30. The summed E-state index contributed by atoms with van der Waals surface area (Å²) >= 11 is 0. The third-order valence-corrected chi connectivity index (χ3v) is 3.80. The van der Waals surface area contributed by atoms with Crippen LogP contribution in [0.15, 0.2) is 54.7 Å². The number of hydrogen-bond acceptors (Lipinski definition) is 1. The molecule has 2 aromatic carbocycles. The van der Waals surface area contributed by atoms with Crippen molar-refractivity contribution in [2.24, 2.45) is 0 Å². The monoisotopic (exact) mass is 267 g/mol. The molecule has 0 saturated carbocycles. The molecule has 1 atom stereocenters. The van der Waals surface area contributed by atoms with Crippen LogP contribution >= 0.6 is 0 Å². The van der Waals surface area contributed by atoms with Crippen LogP contribution in [0.5, 0.6) is 5.75 Å². The van der Waals surface area contributed by atoms with Crippen molar-refractivity contribution in [3.8, 4) is 5.75 Å². The minimum absolute atomic E-state index is 0.303. The second kappa shape index (κ2) is 5.39. The standard InChI is InChI=1S/C17H18N2O/c1-20-13-8-6-12(7-9-13)15(10-18)16-11-19-17-5-3-2-4-14(16)17/h2-9,11,15,19H,10,18H2,1H3/p+1/t15-/m0/s1. The van der Waals surface area contributed by atoms with Gasteiger partial charge >= 0.3 is 0 Å². The lowest BCUT2D eigenvalue weighted by molar-refractivity contribution is -0.370. The SMILES string of the molecule is COc1ccc([C@H](C[NH3+])c2c[nH]c3ccccc23)cc1. The van der Waals surface area contributed by atoms with Crippen molar-refractivity contribution in [1.82, 2.24) is 4.98 Å². The summed E-state index contributed by atoms with van der Waals surface area (Å²) in [5.41, 5.74) is 7.87. The molecule has 0 radical (unpaired) electrons. The van der Waals surface area contributed by atoms with Crippen molar-refractivity contribution in [1.29, 1.82) is 0 Å². The largest absolute Gasteiger partial charge is 0.497 e. The maximum Gasteiger partial charge on any atom is 0.118 e. The van der Waals surface area contributed by atoms with Gasteiger partial charge in [0.1, 0.15) is 5.75 Å². The summed E-state index contributed by atoms with van der Waals surface area (Å²) in [6, 6.07) is 16.6. The Balaban J connectivity index is 2.04. The molecular weight excluding hydrogens is 248 g/mol. The van der Waals surface area contributed by atoms with Gasteiger partial charge < -0.3 is 15.5 Å². The van der Waals surface area contributed by atoms with Gasteiger partial charge in [0.25, 0.3) is 0 Å². The number of methoxy groups -OCH3 is 1. The molecule has 0 fully saturated rings. The van der Waals surface area contributed by atoms with E-state index in [0.29, 0.717) is 5.92 Å². The summed E-state index contributed by atoms with van der Waals surface area (Å²) in [4.78, 5) is 3.34. The minimum Gasteiger partial charge on any atom is -0.497 e. The second-order valence-electron chi connectivity index (χ2n) is 4.90. The van der Waals surface area contributed by atoms with Gasteiger partial charge in [0.2, 0.25) is 0 Å². The molecule has 0 aliphatic heterocycles. The Kier molecular flexibility index (Phi) is 3.44. The molecule has 0 saturated heterocycles. The van der Waals surface area contributed by atoms with Crippen LogP contribution in [0.25, 0.3) is 10.9 Å². The highest BCUT2D eigenvalue weighted by atomic mass is 16.5. The van der Waals surface area contributed by atoms with Crippen LogP contribution < -0.4 is 10.5 Å². The van der Waals surface area contributed by atoms with E-state index in [4.69, 9.17) is 4.74 Å². The number of ether oxygens (including phenoxy) is 1. The molecule has 0 amide bonds. The lowest BCUT2D eigenvalue weighted by Gasteiger charge is -2.13. The normalized spacial score (nSPS) is 12.5. The Morgan fingerprint density at radius 1 is 1.10 bits per heavy atom. The Hall–Kier alpha value is -2.26. The van der Waals surface area contributed by atoms with Gasteiger partial charge in [0.15, 0.2) is 0 Å². The van der Waals surface area contributed by atoms with E-state index in [9.17, 15) is 0 Å². The highest BCUT2D eigenvalue weighted by molar-refractivity contribution is 5.84. The van der Waals surface area contributed by atoms with Gasteiger partial charge in [-0.05, 0) is 29.3 Å². The third kappa shape index (κ3) is 2.17. The van der Waals surface area contributed by atoms with Crippen molar-refractivity contribution in [3.05, 3.63) is 65.9 Å². The Morgan fingerprint density at radius 2 is 1.85 bits per heavy atom. The summed E-state index contributed by atoms with van der Waals surface area (Å²) in [5.74, 6) is 1.19. The summed E-state index contributed by atoms with van der Waals surface area (Å²) in [7, 11) is 1.69. The lowest BCUT2D eigenvalue weighted by atomic mass is 9.91. The number of fused-ring (bicyclic) bond motifs is 1. The number of para-hydroxylation sites is 1. The van der Waals surface area contributed by atoms with E-state index in [2.05, 4.69) is 53.3 Å². The molecule has 102 valence electrons. The van der Waals surface area contributed by atoms with E-state index in [1.807, 2.05) is 12.1 Å². The zero-order chi connectivity index (χ0) is 13.9. The molecule has 3 aromatic rings. The van der Waals surface area contributed by atoms with Crippen LogP contribution in [-0.2, 0) is 0 Å². The number of hydrogen-bond donors (Lipinski definition) is 2. The molecule has 3 rings (SSSR count). The average molecular weight is 267 g/mol. The van der Waals surface area contributed by atoms with E-state index in [-0.39, 0.29) is 0 Å². The molecule has 3 heteroatoms. The van der Waals surface area contributed by atoms with Crippen LogP contribution in [0.3, 0.4) is 0 Å². The molecule has 0 aliphatic carbocycles. The number of nitrogens with one attached hydrogen (secondary N) is 1. The average Bonchev–Trinajstić information content (AvgIpc) is 2.93. The molecular formula is C17H19N2O+. The summed E-state index contributed by atoms with van der Waals surface area (Å²) in [6.07, 6.45) is 2.10. The number of aromatic amines is 1. The van der Waals surface area contributed by atoms with Gasteiger partial charge in [-0.1, -0.05) is 30.3 Å². The smallest absolute Gasteiger partial charge is 0.118 e. The molecule has 0 aliphatic rings. The number of H-pyrrole nitrogens is 1. The Bertz CT molecular complexity index is 700. The fourth-order valence-corrected chi connectivity index (χ4v) is 2.72. The molecule has 1 heterocycles. The molecule has 1 aromatic heterocycles. The van der Waals surface area contributed by atoms with Crippen molar-refractivity contribution in [2.45, 2.75) is 5.92 Å². The van der Waals surface area contributed by atoms with Crippen molar-refractivity contribution < 1.29 is 10.5 Å². The predicted octanol–water partition coefficient (Wildman–Crippen LogP) is 2.55. The van der Waals surface area contributed by atoms with Crippen molar-refractivity contribution in [3.63, 3.8) is 0 Å². The second-order valence-corrected chi connectivity index (χ2v) is 4.90. The van der Waals surface area contributed by atoms with Crippen LogP contribution in [0, 0.1) is 0 Å². The fraction of sp³-hybridized carbons (Fsp3) is 0.176. The molecule has 0 unspecified atom stereocenters. The Morgan fingerprint density at radius 3 is 2.55 bits per heavy atom. The first-order valence-electron chi connectivity index (χ1n) is 6.82. The summed E-state index contributed by atoms with van der Waals surface area (Å²) < 4.78 is 5.22. The van der Waals surface area contributed by atoms with Crippen LogP contribution in [0.1, 0.15) is 17.0 Å². The van der Waals surface area contributed by atoms with E-state index >= 15 is 0 Å². The van der Waals surface area contributed by atoms with E-state index in [1.165, 1.54) is 22.0 Å². The van der Waals surface area contributed by atoms with E-state index in [1.54, 1.807) is 7.11 Å². The van der Waals surface area contributed by atoms with Gasteiger partial charge in [0, 0.05) is 17.1 Å². The Labute approximate surface area is 118 Å². The molecule has 20 heavy (non-hydrogen) atoms. The number of rotatable bonds is 4. The molecule has 0 spiro atoms.